The number of aryl methyl sites for hydroxylation is 3. The Kier molecular flexibility index (Phi) is 5.25. The topological polar surface area (TPSA) is 42.0 Å². The van der Waals surface area contributed by atoms with Crippen LogP contribution in [0.3, 0.4) is 0 Å². The number of hydrogen-bond donors (Lipinski definition) is 1. The number of hydrogen-bond acceptors (Lipinski definition) is 4. The Morgan fingerprint density at radius 3 is 2.52 bits per heavy atom. The Labute approximate surface area is 156 Å². The third kappa shape index (κ3) is 3.94. The Morgan fingerprint density at radius 2 is 1.84 bits per heavy atom. The zero-order valence-electron chi connectivity index (χ0n) is 14.7. The summed E-state index contributed by atoms with van der Waals surface area (Å²) in [4.78, 5) is 18.1. The molecular weight excluding hydrogens is 348 g/mol. The number of nitrogens with one attached hydrogen (secondary N) is 1. The van der Waals surface area contributed by atoms with E-state index in [0.717, 1.165) is 16.2 Å². The van der Waals surface area contributed by atoms with Crippen molar-refractivity contribution in [1.82, 2.24) is 4.98 Å². The van der Waals surface area contributed by atoms with Gasteiger partial charge in [0.2, 0.25) is 0 Å². The molecule has 0 saturated carbocycles. The first-order valence-corrected chi connectivity index (χ1v) is 10.1. The van der Waals surface area contributed by atoms with Crippen LogP contribution < -0.4 is 5.32 Å². The average molecular weight is 369 g/mol. The molecule has 1 aromatic heterocycles. The summed E-state index contributed by atoms with van der Waals surface area (Å²) in [6.07, 6.45) is 2.00. The first kappa shape index (κ1) is 17.7. The van der Waals surface area contributed by atoms with Crippen LogP contribution in [0.1, 0.15) is 27.0 Å². The summed E-state index contributed by atoms with van der Waals surface area (Å²) in [6.45, 7) is 6.29. The van der Waals surface area contributed by atoms with Gasteiger partial charge in [0.15, 0.2) is 5.13 Å². The lowest BCUT2D eigenvalue weighted by molar-refractivity contribution is 0.102. The standard InChI is InChI=1S/C20H20N2OS2/c1-12-8-13(2)18(14(3)9-12)17-11-25-20(21-17)22-19(23)15-6-5-7-16(10-15)24-4/h5-11H,1-4H3,(H,21,22,23). The van der Waals surface area contributed by atoms with Crippen LogP contribution in [0.5, 0.6) is 0 Å². The number of aromatic nitrogens is 1. The molecule has 0 aliphatic heterocycles. The fourth-order valence-corrected chi connectivity index (χ4v) is 4.12. The lowest BCUT2D eigenvalue weighted by Gasteiger charge is -2.08. The average Bonchev–Trinajstić information content (AvgIpc) is 3.02. The molecule has 1 N–H and O–H groups in total. The highest BCUT2D eigenvalue weighted by atomic mass is 32.2. The minimum absolute atomic E-state index is 0.130. The molecule has 3 nitrogen and oxygen atoms in total. The van der Waals surface area contributed by atoms with Gasteiger partial charge >= 0.3 is 0 Å². The molecule has 0 saturated heterocycles. The molecule has 0 fully saturated rings. The monoisotopic (exact) mass is 368 g/mol. The van der Waals surface area contributed by atoms with Crippen molar-refractivity contribution in [2.75, 3.05) is 11.6 Å². The number of rotatable bonds is 4. The van der Waals surface area contributed by atoms with Crippen LogP contribution in [0.2, 0.25) is 0 Å². The molecule has 3 aromatic rings. The Balaban J connectivity index is 1.83. The van der Waals surface area contributed by atoms with Crippen molar-refractivity contribution in [3.8, 4) is 11.3 Å². The first-order valence-electron chi connectivity index (χ1n) is 7.97. The molecule has 25 heavy (non-hydrogen) atoms. The van der Waals surface area contributed by atoms with Gasteiger partial charge in [0, 0.05) is 21.4 Å². The minimum atomic E-state index is -0.130. The Morgan fingerprint density at radius 1 is 1.12 bits per heavy atom. The highest BCUT2D eigenvalue weighted by Crippen LogP contribution is 2.31. The molecule has 0 bridgehead atoms. The van der Waals surface area contributed by atoms with Crippen molar-refractivity contribution in [1.29, 1.82) is 0 Å². The molecule has 0 aliphatic rings. The second-order valence-electron chi connectivity index (χ2n) is 6.00. The van der Waals surface area contributed by atoms with E-state index in [1.54, 1.807) is 11.8 Å². The van der Waals surface area contributed by atoms with Gasteiger partial charge in [0.25, 0.3) is 5.91 Å². The Hall–Kier alpha value is -2.11. The number of thioether (sulfide) groups is 1. The van der Waals surface area contributed by atoms with E-state index in [4.69, 9.17) is 0 Å². The summed E-state index contributed by atoms with van der Waals surface area (Å²) in [5.74, 6) is -0.130. The number of thiazole rings is 1. The van der Waals surface area contributed by atoms with E-state index >= 15 is 0 Å². The number of anilines is 1. The molecular formula is C20H20N2OS2. The summed E-state index contributed by atoms with van der Waals surface area (Å²) in [5.41, 5.74) is 6.35. The third-order valence-electron chi connectivity index (χ3n) is 3.99. The Bertz CT molecular complexity index is 908. The molecule has 5 heteroatoms. The van der Waals surface area contributed by atoms with E-state index in [2.05, 4.69) is 43.2 Å². The largest absolute Gasteiger partial charge is 0.298 e. The predicted molar refractivity (Wildman–Crippen MR) is 108 cm³/mol. The van der Waals surface area contributed by atoms with Crippen molar-refractivity contribution >= 4 is 34.1 Å². The van der Waals surface area contributed by atoms with Gasteiger partial charge in [-0.15, -0.1) is 23.1 Å². The molecule has 1 amide bonds. The van der Waals surface area contributed by atoms with Gasteiger partial charge in [-0.25, -0.2) is 4.98 Å². The number of carbonyl (C=O) groups excluding carboxylic acids is 1. The molecule has 0 unspecified atom stereocenters. The van der Waals surface area contributed by atoms with Gasteiger partial charge in [-0.2, -0.15) is 0 Å². The summed E-state index contributed by atoms with van der Waals surface area (Å²) < 4.78 is 0. The maximum atomic E-state index is 12.5. The zero-order chi connectivity index (χ0) is 18.0. The third-order valence-corrected chi connectivity index (χ3v) is 5.47. The summed E-state index contributed by atoms with van der Waals surface area (Å²) in [5, 5.41) is 5.53. The molecule has 0 radical (unpaired) electrons. The highest BCUT2D eigenvalue weighted by Gasteiger charge is 2.13. The lowest BCUT2D eigenvalue weighted by atomic mass is 9.98. The van der Waals surface area contributed by atoms with Crippen LogP contribution in [0.25, 0.3) is 11.3 Å². The molecule has 1 heterocycles. The molecule has 0 spiro atoms. The normalized spacial score (nSPS) is 10.7. The van der Waals surface area contributed by atoms with Crippen LogP contribution in [-0.4, -0.2) is 17.1 Å². The van der Waals surface area contributed by atoms with Gasteiger partial charge < -0.3 is 0 Å². The fourth-order valence-electron chi connectivity index (χ4n) is 2.96. The second-order valence-corrected chi connectivity index (χ2v) is 7.74. The number of amides is 1. The highest BCUT2D eigenvalue weighted by molar-refractivity contribution is 7.98. The van der Waals surface area contributed by atoms with Crippen LogP contribution in [0, 0.1) is 20.8 Å². The summed E-state index contributed by atoms with van der Waals surface area (Å²) in [7, 11) is 0. The number of benzene rings is 2. The van der Waals surface area contributed by atoms with Crippen molar-refractivity contribution < 1.29 is 4.79 Å². The molecule has 2 aromatic carbocycles. The van der Waals surface area contributed by atoms with E-state index in [1.165, 1.54) is 28.0 Å². The molecule has 3 rings (SSSR count). The maximum Gasteiger partial charge on any atom is 0.257 e. The lowest BCUT2D eigenvalue weighted by Crippen LogP contribution is -2.11. The van der Waals surface area contributed by atoms with Gasteiger partial charge in [-0.05, 0) is 56.4 Å². The number of carbonyl (C=O) groups is 1. The summed E-state index contributed by atoms with van der Waals surface area (Å²) in [6, 6.07) is 11.9. The van der Waals surface area contributed by atoms with Crippen LogP contribution in [-0.2, 0) is 0 Å². The van der Waals surface area contributed by atoms with Gasteiger partial charge in [0.05, 0.1) is 5.69 Å². The van der Waals surface area contributed by atoms with Gasteiger partial charge in [-0.1, -0.05) is 23.8 Å². The van der Waals surface area contributed by atoms with Gasteiger partial charge in [0.1, 0.15) is 0 Å². The van der Waals surface area contributed by atoms with Crippen molar-refractivity contribution in [2.24, 2.45) is 0 Å². The smallest absolute Gasteiger partial charge is 0.257 e. The minimum Gasteiger partial charge on any atom is -0.298 e. The number of nitrogens with zero attached hydrogens (tertiary/aromatic N) is 1. The van der Waals surface area contributed by atoms with E-state index in [1.807, 2.05) is 35.9 Å². The van der Waals surface area contributed by atoms with E-state index < -0.39 is 0 Å². The summed E-state index contributed by atoms with van der Waals surface area (Å²) >= 11 is 3.07. The van der Waals surface area contributed by atoms with E-state index in [0.29, 0.717) is 10.7 Å². The molecule has 0 atom stereocenters. The molecule has 128 valence electrons. The van der Waals surface area contributed by atoms with Crippen molar-refractivity contribution in [3.63, 3.8) is 0 Å². The van der Waals surface area contributed by atoms with Crippen LogP contribution in [0.4, 0.5) is 5.13 Å². The van der Waals surface area contributed by atoms with Crippen LogP contribution >= 0.6 is 23.1 Å². The predicted octanol–water partition coefficient (Wildman–Crippen LogP) is 5.71. The van der Waals surface area contributed by atoms with Crippen molar-refractivity contribution in [3.05, 3.63) is 64.0 Å². The zero-order valence-corrected chi connectivity index (χ0v) is 16.3. The molecule has 0 aliphatic carbocycles. The quantitative estimate of drug-likeness (QED) is 0.600. The SMILES string of the molecule is CSc1cccc(C(=O)Nc2nc(-c3c(C)cc(C)cc3C)cs2)c1. The van der Waals surface area contributed by atoms with E-state index in [9.17, 15) is 4.79 Å². The first-order chi connectivity index (χ1) is 12.0. The maximum absolute atomic E-state index is 12.5. The fraction of sp³-hybridized carbons (Fsp3) is 0.200. The van der Waals surface area contributed by atoms with Crippen molar-refractivity contribution in [2.45, 2.75) is 25.7 Å². The van der Waals surface area contributed by atoms with E-state index in [-0.39, 0.29) is 5.91 Å². The second kappa shape index (κ2) is 7.42. The van der Waals surface area contributed by atoms with Gasteiger partial charge in [-0.3, -0.25) is 10.1 Å². The van der Waals surface area contributed by atoms with Crippen LogP contribution in [0.15, 0.2) is 46.7 Å².